The fourth-order valence-corrected chi connectivity index (χ4v) is 3.47. The molecule has 0 saturated heterocycles. The molecule has 2 aromatic heterocycles. The van der Waals surface area contributed by atoms with E-state index in [2.05, 4.69) is 10.2 Å². The quantitative estimate of drug-likeness (QED) is 0.355. The number of hydrogen-bond donors (Lipinski definition) is 0. The molecule has 0 radical (unpaired) electrons. The van der Waals surface area contributed by atoms with E-state index < -0.39 is 5.63 Å². The third kappa shape index (κ3) is 3.72. The van der Waals surface area contributed by atoms with E-state index in [-0.39, 0.29) is 0 Å². The number of hydrogen-bond acceptors (Lipinski definition) is 8. The lowest BCUT2D eigenvalue weighted by Gasteiger charge is -2.05. The predicted molar refractivity (Wildman–Crippen MR) is 105 cm³/mol. The van der Waals surface area contributed by atoms with Crippen molar-refractivity contribution in [1.29, 1.82) is 0 Å². The summed E-state index contributed by atoms with van der Waals surface area (Å²) < 4.78 is 21.3. The molecule has 2 aromatic carbocycles. The maximum atomic E-state index is 11.9. The van der Waals surface area contributed by atoms with Crippen molar-refractivity contribution in [2.75, 3.05) is 14.2 Å². The Labute approximate surface area is 164 Å². The third-order valence-corrected chi connectivity index (χ3v) is 5.00. The smallest absolute Gasteiger partial charge is 0.336 e. The number of aromatic nitrogens is 2. The molecule has 2 heterocycles. The van der Waals surface area contributed by atoms with E-state index >= 15 is 0 Å². The van der Waals surface area contributed by atoms with Gasteiger partial charge in [0.05, 0.1) is 14.2 Å². The topological polar surface area (TPSA) is 87.6 Å². The van der Waals surface area contributed by atoms with Crippen molar-refractivity contribution in [3.8, 4) is 23.0 Å². The minimum atomic E-state index is -0.416. The molecule has 142 valence electrons. The molecule has 0 bridgehead atoms. The highest BCUT2D eigenvalue weighted by molar-refractivity contribution is 7.98. The van der Waals surface area contributed by atoms with Crippen molar-refractivity contribution >= 4 is 22.7 Å². The molecule has 4 aromatic rings. The number of rotatable bonds is 6. The molecule has 0 atom stereocenters. The summed E-state index contributed by atoms with van der Waals surface area (Å²) in [5.74, 6) is 2.29. The molecule has 8 heteroatoms. The Morgan fingerprint density at radius 3 is 2.43 bits per heavy atom. The number of benzene rings is 2. The second kappa shape index (κ2) is 7.77. The van der Waals surface area contributed by atoms with E-state index in [9.17, 15) is 4.79 Å². The maximum absolute atomic E-state index is 11.9. The Morgan fingerprint density at radius 1 is 0.929 bits per heavy atom. The largest absolute Gasteiger partial charge is 0.497 e. The van der Waals surface area contributed by atoms with Crippen LogP contribution in [0, 0.1) is 0 Å². The second-order valence-corrected chi connectivity index (χ2v) is 6.77. The van der Waals surface area contributed by atoms with Gasteiger partial charge in [0.15, 0.2) is 0 Å². The summed E-state index contributed by atoms with van der Waals surface area (Å²) >= 11 is 1.35. The van der Waals surface area contributed by atoms with Crippen LogP contribution in [0.4, 0.5) is 0 Å². The van der Waals surface area contributed by atoms with Gasteiger partial charge in [0, 0.05) is 28.8 Å². The summed E-state index contributed by atoms with van der Waals surface area (Å²) in [6.07, 6.45) is 0. The standard InChI is InChI=1S/C20H16N2O5S/c1-24-14-5-3-12(4-6-14)19-21-22-20(27-19)28-11-13-9-18(23)26-17-10-15(25-2)7-8-16(13)17/h3-10H,11H2,1-2H3. The number of fused-ring (bicyclic) bond motifs is 1. The van der Waals surface area contributed by atoms with Crippen LogP contribution in [0.1, 0.15) is 5.56 Å². The molecule has 0 unspecified atom stereocenters. The average Bonchev–Trinajstić information content (AvgIpc) is 3.20. The van der Waals surface area contributed by atoms with E-state index in [1.54, 1.807) is 20.3 Å². The number of ether oxygens (including phenoxy) is 2. The summed E-state index contributed by atoms with van der Waals surface area (Å²) in [6, 6.07) is 14.2. The zero-order valence-corrected chi connectivity index (χ0v) is 16.0. The van der Waals surface area contributed by atoms with Gasteiger partial charge in [0.1, 0.15) is 17.1 Å². The molecule has 0 aliphatic heterocycles. The van der Waals surface area contributed by atoms with E-state index in [1.165, 1.54) is 17.8 Å². The molecule has 0 aliphatic rings. The van der Waals surface area contributed by atoms with Crippen LogP contribution in [-0.4, -0.2) is 24.4 Å². The predicted octanol–water partition coefficient (Wildman–Crippen LogP) is 4.15. The Bertz CT molecular complexity index is 1170. The summed E-state index contributed by atoms with van der Waals surface area (Å²) in [6.45, 7) is 0. The molecule has 4 rings (SSSR count). The molecule has 28 heavy (non-hydrogen) atoms. The highest BCUT2D eigenvalue weighted by atomic mass is 32.2. The Hall–Kier alpha value is -3.26. The van der Waals surface area contributed by atoms with Crippen molar-refractivity contribution in [2.45, 2.75) is 11.0 Å². The zero-order valence-electron chi connectivity index (χ0n) is 15.2. The summed E-state index contributed by atoms with van der Waals surface area (Å²) in [4.78, 5) is 11.9. The lowest BCUT2D eigenvalue weighted by atomic mass is 10.1. The van der Waals surface area contributed by atoms with Gasteiger partial charge in [-0.25, -0.2) is 4.79 Å². The maximum Gasteiger partial charge on any atom is 0.336 e. The van der Waals surface area contributed by atoms with Crippen LogP contribution in [0.2, 0.25) is 0 Å². The van der Waals surface area contributed by atoms with E-state index in [1.807, 2.05) is 36.4 Å². The minimum absolute atomic E-state index is 0.416. The first-order valence-corrected chi connectivity index (χ1v) is 9.36. The summed E-state index contributed by atoms with van der Waals surface area (Å²) in [7, 11) is 3.18. The summed E-state index contributed by atoms with van der Waals surface area (Å²) in [5, 5.41) is 9.41. The van der Waals surface area contributed by atoms with Crippen molar-refractivity contribution in [1.82, 2.24) is 10.2 Å². The van der Waals surface area contributed by atoms with Gasteiger partial charge in [0.2, 0.25) is 5.89 Å². The highest BCUT2D eigenvalue weighted by Crippen LogP contribution is 2.29. The van der Waals surface area contributed by atoms with Gasteiger partial charge < -0.3 is 18.3 Å². The van der Waals surface area contributed by atoms with Crippen molar-refractivity contribution < 1.29 is 18.3 Å². The number of methoxy groups -OCH3 is 2. The van der Waals surface area contributed by atoms with Gasteiger partial charge in [0.25, 0.3) is 5.22 Å². The molecule has 0 fully saturated rings. The van der Waals surface area contributed by atoms with Crippen LogP contribution in [0.3, 0.4) is 0 Å². The Morgan fingerprint density at radius 2 is 1.68 bits per heavy atom. The normalized spacial score (nSPS) is 10.9. The first-order chi connectivity index (χ1) is 13.7. The fourth-order valence-electron chi connectivity index (χ4n) is 2.71. The lowest BCUT2D eigenvalue weighted by Crippen LogP contribution is -2.00. The first kappa shape index (κ1) is 18.1. The monoisotopic (exact) mass is 396 g/mol. The minimum Gasteiger partial charge on any atom is -0.497 e. The van der Waals surface area contributed by atoms with Crippen molar-refractivity contribution in [3.05, 3.63) is 64.5 Å². The van der Waals surface area contributed by atoms with Gasteiger partial charge in [-0.3, -0.25) is 0 Å². The van der Waals surface area contributed by atoms with Crippen LogP contribution >= 0.6 is 11.8 Å². The van der Waals surface area contributed by atoms with E-state index in [4.69, 9.17) is 18.3 Å². The first-order valence-electron chi connectivity index (χ1n) is 8.38. The Kier molecular flexibility index (Phi) is 5.03. The number of thioether (sulfide) groups is 1. The molecule has 0 spiro atoms. The van der Waals surface area contributed by atoms with Gasteiger partial charge in [-0.2, -0.15) is 0 Å². The van der Waals surface area contributed by atoms with Crippen LogP contribution in [0.15, 0.2) is 67.4 Å². The summed E-state index contributed by atoms with van der Waals surface area (Å²) in [5.41, 5.74) is 1.69. The SMILES string of the molecule is COc1ccc(-c2nnc(SCc3cc(=O)oc4cc(OC)ccc34)o2)cc1. The highest BCUT2D eigenvalue weighted by Gasteiger charge is 2.12. The van der Waals surface area contributed by atoms with Crippen LogP contribution in [0.5, 0.6) is 11.5 Å². The zero-order chi connectivity index (χ0) is 19.5. The van der Waals surface area contributed by atoms with Gasteiger partial charge >= 0.3 is 5.63 Å². The molecule has 0 aliphatic carbocycles. The van der Waals surface area contributed by atoms with Crippen molar-refractivity contribution in [3.63, 3.8) is 0 Å². The van der Waals surface area contributed by atoms with Gasteiger partial charge in [-0.1, -0.05) is 11.8 Å². The Balaban J connectivity index is 1.55. The number of nitrogens with zero attached hydrogens (tertiary/aromatic N) is 2. The molecule has 7 nitrogen and oxygen atoms in total. The fraction of sp³-hybridized carbons (Fsp3) is 0.150. The molecular weight excluding hydrogens is 380 g/mol. The van der Waals surface area contributed by atoms with Gasteiger partial charge in [-0.05, 0) is 42.0 Å². The third-order valence-electron chi connectivity index (χ3n) is 4.13. The van der Waals surface area contributed by atoms with Crippen LogP contribution in [-0.2, 0) is 5.75 Å². The van der Waals surface area contributed by atoms with E-state index in [0.29, 0.717) is 28.2 Å². The van der Waals surface area contributed by atoms with Crippen LogP contribution in [0.25, 0.3) is 22.4 Å². The lowest BCUT2D eigenvalue weighted by molar-refractivity contribution is 0.414. The molecule has 0 amide bonds. The van der Waals surface area contributed by atoms with Crippen molar-refractivity contribution in [2.24, 2.45) is 0 Å². The molecule has 0 saturated carbocycles. The second-order valence-electron chi connectivity index (χ2n) is 5.84. The van der Waals surface area contributed by atoms with Crippen LogP contribution < -0.4 is 15.1 Å². The molecule has 0 N–H and O–H groups in total. The molecular formula is C20H16N2O5S. The van der Waals surface area contributed by atoms with E-state index in [0.717, 1.165) is 22.3 Å². The average molecular weight is 396 g/mol. The van der Waals surface area contributed by atoms with Gasteiger partial charge in [-0.15, -0.1) is 10.2 Å².